The summed E-state index contributed by atoms with van der Waals surface area (Å²) in [4.78, 5) is 94.1. The molecular formula is C43H57N5O13. The van der Waals surface area contributed by atoms with Crippen LogP contribution in [0.15, 0.2) is 12.1 Å². The summed E-state index contributed by atoms with van der Waals surface area (Å²) in [5, 5.41) is 49.1. The van der Waals surface area contributed by atoms with Gasteiger partial charge in [0.05, 0.1) is 17.7 Å². The van der Waals surface area contributed by atoms with Crippen molar-refractivity contribution in [2.24, 2.45) is 0 Å². The Bertz CT molecular complexity index is 1760. The number of carboxylic acid groups (broad SMARTS) is 4. The zero-order valence-electron chi connectivity index (χ0n) is 34.2. The summed E-state index contributed by atoms with van der Waals surface area (Å²) in [6, 6.07) is -1.67. The molecule has 9 N–H and O–H groups in total. The number of hydrogen-bond donors (Lipinski definition) is 9. The highest BCUT2D eigenvalue weighted by Crippen LogP contribution is 2.25. The molecule has 0 radical (unpaired) electrons. The fourth-order valence-electron chi connectivity index (χ4n) is 5.81. The molecule has 61 heavy (non-hydrogen) atoms. The largest absolute Gasteiger partial charge is 0.491 e. The van der Waals surface area contributed by atoms with Crippen molar-refractivity contribution in [3.05, 3.63) is 28.8 Å². The SMILES string of the molecule is C#Cc1cc(C#C)c(OCCCCC(=O)NCCCCC(NC(=O)CCCCCCC(=O)NCCCC[C@H](NC(=O)N[C@@H](CCC(=O)O)C(=O)O)C(=O)O)C(=O)O)c(C#C)c1. The van der Waals surface area contributed by atoms with E-state index in [9.17, 15) is 48.6 Å². The molecule has 0 saturated carbocycles. The minimum absolute atomic E-state index is 0.00336. The third-order valence-corrected chi connectivity index (χ3v) is 9.14. The van der Waals surface area contributed by atoms with Gasteiger partial charge in [-0.1, -0.05) is 30.6 Å². The Kier molecular flexibility index (Phi) is 26.0. The van der Waals surface area contributed by atoms with Crippen LogP contribution in [0, 0.1) is 37.0 Å². The van der Waals surface area contributed by atoms with Gasteiger partial charge in [-0.2, -0.15) is 0 Å². The highest BCUT2D eigenvalue weighted by Gasteiger charge is 2.25. The number of amides is 5. The van der Waals surface area contributed by atoms with Gasteiger partial charge >= 0.3 is 29.9 Å². The van der Waals surface area contributed by atoms with E-state index in [0.29, 0.717) is 99.8 Å². The average Bonchev–Trinajstić information content (AvgIpc) is 3.21. The van der Waals surface area contributed by atoms with E-state index in [1.54, 1.807) is 12.1 Å². The number of carboxylic acids is 4. The van der Waals surface area contributed by atoms with E-state index in [2.05, 4.69) is 44.3 Å². The van der Waals surface area contributed by atoms with E-state index in [-0.39, 0.29) is 62.8 Å². The second-order valence-corrected chi connectivity index (χ2v) is 14.0. The number of urea groups is 1. The van der Waals surface area contributed by atoms with Crippen LogP contribution in [-0.4, -0.2) is 106 Å². The first-order chi connectivity index (χ1) is 29.1. The monoisotopic (exact) mass is 851 g/mol. The molecule has 0 aliphatic carbocycles. The van der Waals surface area contributed by atoms with E-state index in [0.717, 1.165) is 0 Å². The number of terminal acetylenes is 3. The molecule has 3 atom stereocenters. The molecule has 0 heterocycles. The van der Waals surface area contributed by atoms with Gasteiger partial charge in [-0.25, -0.2) is 19.2 Å². The maximum atomic E-state index is 12.4. The fourth-order valence-corrected chi connectivity index (χ4v) is 5.81. The van der Waals surface area contributed by atoms with Crippen LogP contribution in [0.4, 0.5) is 4.79 Å². The summed E-state index contributed by atoms with van der Waals surface area (Å²) in [6.45, 7) is 0.924. The van der Waals surface area contributed by atoms with Crippen molar-refractivity contribution < 1.29 is 63.5 Å². The van der Waals surface area contributed by atoms with Crippen LogP contribution in [0.1, 0.15) is 126 Å². The fraction of sp³-hybridized carbons (Fsp3) is 0.535. The second-order valence-electron chi connectivity index (χ2n) is 14.0. The lowest BCUT2D eigenvalue weighted by atomic mass is 10.0. The Morgan fingerprint density at radius 1 is 0.525 bits per heavy atom. The Hall–Kier alpha value is -6.74. The molecule has 0 aliphatic rings. The van der Waals surface area contributed by atoms with Crippen molar-refractivity contribution in [2.45, 2.75) is 127 Å². The lowest BCUT2D eigenvalue weighted by Gasteiger charge is -2.18. The molecular weight excluding hydrogens is 794 g/mol. The molecule has 0 saturated heterocycles. The minimum Gasteiger partial charge on any atom is -0.491 e. The molecule has 1 unspecified atom stereocenters. The summed E-state index contributed by atoms with van der Waals surface area (Å²) in [7, 11) is 0. The van der Waals surface area contributed by atoms with Gasteiger partial charge in [0.2, 0.25) is 17.7 Å². The van der Waals surface area contributed by atoms with Gasteiger partial charge in [0.25, 0.3) is 0 Å². The number of ether oxygens (including phenoxy) is 1. The molecule has 18 heteroatoms. The number of nitrogens with one attached hydrogen (secondary N) is 5. The van der Waals surface area contributed by atoms with Gasteiger partial charge in [-0.3, -0.25) is 19.2 Å². The lowest BCUT2D eigenvalue weighted by Crippen LogP contribution is -2.51. The second kappa shape index (κ2) is 30.3. The van der Waals surface area contributed by atoms with E-state index < -0.39 is 54.5 Å². The molecule has 0 bridgehead atoms. The molecule has 0 aromatic heterocycles. The highest BCUT2D eigenvalue weighted by molar-refractivity contribution is 5.86. The quantitative estimate of drug-likeness (QED) is 0.0373. The van der Waals surface area contributed by atoms with Gasteiger partial charge in [-0.15, -0.1) is 19.3 Å². The molecule has 18 nitrogen and oxygen atoms in total. The zero-order valence-corrected chi connectivity index (χ0v) is 34.2. The summed E-state index contributed by atoms with van der Waals surface area (Å²) in [6.07, 6.45) is 21.8. The number of carbonyl (C=O) groups excluding carboxylic acids is 4. The van der Waals surface area contributed by atoms with E-state index in [4.69, 9.17) is 34.2 Å². The van der Waals surface area contributed by atoms with Crippen molar-refractivity contribution in [1.82, 2.24) is 26.6 Å². The van der Waals surface area contributed by atoms with E-state index >= 15 is 0 Å². The zero-order chi connectivity index (χ0) is 45.6. The molecule has 1 rings (SSSR count). The topological polar surface area (TPSA) is 287 Å². The van der Waals surface area contributed by atoms with Crippen molar-refractivity contribution in [2.75, 3.05) is 19.7 Å². The Balaban J connectivity index is 2.18. The number of benzene rings is 1. The molecule has 1 aromatic carbocycles. The van der Waals surface area contributed by atoms with Crippen LogP contribution in [-0.2, 0) is 33.6 Å². The summed E-state index contributed by atoms with van der Waals surface area (Å²) >= 11 is 0. The van der Waals surface area contributed by atoms with Crippen molar-refractivity contribution >= 4 is 47.6 Å². The van der Waals surface area contributed by atoms with Gasteiger partial charge in [-0.05, 0) is 82.8 Å². The first-order valence-corrected chi connectivity index (χ1v) is 20.1. The van der Waals surface area contributed by atoms with Crippen LogP contribution in [0.2, 0.25) is 0 Å². The number of rotatable bonds is 32. The van der Waals surface area contributed by atoms with Gasteiger partial charge in [0, 0.05) is 44.3 Å². The smallest absolute Gasteiger partial charge is 0.326 e. The van der Waals surface area contributed by atoms with E-state index in [1.165, 1.54) is 0 Å². The molecule has 0 fully saturated rings. The third-order valence-electron chi connectivity index (χ3n) is 9.14. The number of unbranched alkanes of at least 4 members (excludes halogenated alkanes) is 6. The third kappa shape index (κ3) is 23.4. The predicted molar refractivity (Wildman–Crippen MR) is 222 cm³/mol. The minimum atomic E-state index is -1.51. The van der Waals surface area contributed by atoms with Crippen LogP contribution in [0.25, 0.3) is 0 Å². The maximum absolute atomic E-state index is 12.4. The van der Waals surface area contributed by atoms with Crippen LogP contribution in [0.3, 0.4) is 0 Å². The van der Waals surface area contributed by atoms with Gasteiger partial charge in [0.1, 0.15) is 18.1 Å². The summed E-state index contributed by atoms with van der Waals surface area (Å²) in [5.41, 5.74) is 1.47. The van der Waals surface area contributed by atoms with Crippen LogP contribution >= 0.6 is 0 Å². The maximum Gasteiger partial charge on any atom is 0.326 e. The molecule has 1 aromatic rings. The van der Waals surface area contributed by atoms with Crippen molar-refractivity contribution in [1.29, 1.82) is 0 Å². The average molecular weight is 852 g/mol. The van der Waals surface area contributed by atoms with Crippen molar-refractivity contribution in [3.8, 4) is 42.8 Å². The molecule has 5 amide bonds. The Morgan fingerprint density at radius 3 is 1.41 bits per heavy atom. The summed E-state index contributed by atoms with van der Waals surface area (Å²) < 4.78 is 5.79. The van der Waals surface area contributed by atoms with Crippen LogP contribution in [0.5, 0.6) is 5.75 Å². The normalized spacial score (nSPS) is 11.8. The molecule has 0 aliphatic heterocycles. The van der Waals surface area contributed by atoms with Gasteiger partial charge < -0.3 is 51.7 Å². The molecule has 0 spiro atoms. The number of carbonyl (C=O) groups is 8. The number of hydrogen-bond acceptors (Lipinski definition) is 9. The standard InChI is InChI=1S/C43H57N5O13/c1-4-29-27-30(5-2)39(31(6-3)28-29)61-26-16-13-20-36(50)45-24-14-11-17-32(40(54)55)46-37(51)21-10-8-7-9-19-35(49)44-25-15-12-18-33(41(56)57)47-43(60)48-34(42(58)59)22-23-38(52)53/h1-3,27-28,32-34H,7-26H2,(H,44,49)(H,45,50)(H,46,51)(H,52,53)(H,54,55)(H,56,57)(H,58,59)(H2,47,48,60)/t32?,33-,34-/m0/s1. The molecule has 332 valence electrons. The predicted octanol–water partition coefficient (Wildman–Crippen LogP) is 2.73. The Labute approximate surface area is 355 Å². The number of aliphatic carboxylic acids is 4. The van der Waals surface area contributed by atoms with Crippen LogP contribution < -0.4 is 31.3 Å². The summed E-state index contributed by atoms with van der Waals surface area (Å²) in [5.74, 6) is 2.00. The van der Waals surface area contributed by atoms with E-state index in [1.807, 2.05) is 0 Å². The Morgan fingerprint density at radius 2 is 0.967 bits per heavy atom. The van der Waals surface area contributed by atoms with Crippen molar-refractivity contribution in [3.63, 3.8) is 0 Å². The van der Waals surface area contributed by atoms with Gasteiger partial charge in [0.15, 0.2) is 5.75 Å². The first kappa shape index (κ1) is 52.3. The lowest BCUT2D eigenvalue weighted by molar-refractivity contribution is -0.142. The first-order valence-electron chi connectivity index (χ1n) is 20.1. The highest BCUT2D eigenvalue weighted by atomic mass is 16.5.